The zero-order chi connectivity index (χ0) is 23.8. The van der Waals surface area contributed by atoms with E-state index >= 15 is 0 Å². The van der Waals surface area contributed by atoms with Crippen LogP contribution in [0.25, 0.3) is 0 Å². The molecule has 10 nitrogen and oxygen atoms in total. The third-order valence-corrected chi connectivity index (χ3v) is 5.74. The average Bonchev–Trinajstić information content (AvgIpc) is 3.20. The van der Waals surface area contributed by atoms with E-state index in [1.807, 2.05) is 56.3 Å². The summed E-state index contributed by atoms with van der Waals surface area (Å²) in [6.07, 6.45) is 0. The summed E-state index contributed by atoms with van der Waals surface area (Å²) < 4.78 is 11.8. The van der Waals surface area contributed by atoms with Gasteiger partial charge in [0.25, 0.3) is 5.95 Å². The van der Waals surface area contributed by atoms with Crippen molar-refractivity contribution >= 4 is 29.3 Å². The average molecular weight is 470 g/mol. The molecule has 174 valence electrons. The summed E-state index contributed by atoms with van der Waals surface area (Å²) in [6.45, 7) is 3.77. The summed E-state index contributed by atoms with van der Waals surface area (Å²) in [5.74, 6) is 7.57. The topological polar surface area (TPSA) is 129 Å². The van der Waals surface area contributed by atoms with Crippen LogP contribution in [0.4, 0.5) is 5.95 Å². The Bertz CT molecular complexity index is 1120. The van der Waals surface area contributed by atoms with Gasteiger partial charge in [0.15, 0.2) is 11.5 Å². The molecule has 0 saturated carbocycles. The first-order valence-corrected chi connectivity index (χ1v) is 11.1. The van der Waals surface area contributed by atoms with Gasteiger partial charge in [-0.1, -0.05) is 42.1 Å². The molecule has 0 aliphatic carbocycles. The second kappa shape index (κ2) is 11.2. The van der Waals surface area contributed by atoms with Crippen LogP contribution in [-0.4, -0.2) is 46.5 Å². The third kappa shape index (κ3) is 6.16. The van der Waals surface area contributed by atoms with Crippen LogP contribution < -0.4 is 26.1 Å². The minimum absolute atomic E-state index is 0.0961. The first-order valence-electron chi connectivity index (χ1n) is 10.1. The van der Waals surface area contributed by atoms with Gasteiger partial charge < -0.3 is 20.6 Å². The second-order valence-corrected chi connectivity index (χ2v) is 7.99. The molecule has 0 bridgehead atoms. The third-order valence-electron chi connectivity index (χ3n) is 4.80. The summed E-state index contributed by atoms with van der Waals surface area (Å²) >= 11 is 1.19. The van der Waals surface area contributed by atoms with Crippen molar-refractivity contribution in [2.75, 3.05) is 31.2 Å². The molecular formula is C22H27N7O3S. The Morgan fingerprint density at radius 1 is 1.15 bits per heavy atom. The van der Waals surface area contributed by atoms with E-state index in [-0.39, 0.29) is 23.7 Å². The number of nitrogen functional groups attached to an aromatic ring is 1. The minimum Gasteiger partial charge on any atom is -0.493 e. The highest BCUT2D eigenvalue weighted by Crippen LogP contribution is 2.27. The number of aromatic nitrogens is 3. The Balaban J connectivity index is 1.57. The number of anilines is 1. The summed E-state index contributed by atoms with van der Waals surface area (Å²) in [6, 6.07) is 15.1. The van der Waals surface area contributed by atoms with Crippen molar-refractivity contribution in [2.24, 2.45) is 5.10 Å². The Kier molecular flexibility index (Phi) is 8.14. The van der Waals surface area contributed by atoms with Gasteiger partial charge in [-0.25, -0.2) is 10.1 Å². The predicted molar refractivity (Wildman–Crippen MR) is 129 cm³/mol. The van der Waals surface area contributed by atoms with E-state index in [1.165, 1.54) is 16.4 Å². The lowest BCUT2D eigenvalue weighted by Crippen LogP contribution is -2.28. The summed E-state index contributed by atoms with van der Waals surface area (Å²) in [7, 11) is 3.16. The number of carbonyl (C=O) groups is 1. The Labute approximate surface area is 196 Å². The van der Waals surface area contributed by atoms with Crippen LogP contribution >= 0.6 is 11.8 Å². The van der Waals surface area contributed by atoms with Crippen molar-refractivity contribution in [3.63, 3.8) is 0 Å². The van der Waals surface area contributed by atoms with Crippen LogP contribution in [0.15, 0.2) is 58.8 Å². The zero-order valence-corrected chi connectivity index (χ0v) is 19.7. The molecule has 4 N–H and O–H groups in total. The molecule has 0 saturated heterocycles. The van der Waals surface area contributed by atoms with Gasteiger partial charge in [0.1, 0.15) is 0 Å². The van der Waals surface area contributed by atoms with E-state index in [2.05, 4.69) is 26.0 Å². The molecule has 33 heavy (non-hydrogen) atoms. The maximum Gasteiger partial charge on any atom is 0.264 e. The maximum atomic E-state index is 12.3. The molecular weight excluding hydrogens is 442 g/mol. The number of hydrogen-bond donors (Lipinski definition) is 3. The van der Waals surface area contributed by atoms with Gasteiger partial charge >= 0.3 is 0 Å². The van der Waals surface area contributed by atoms with E-state index in [0.29, 0.717) is 22.4 Å². The van der Waals surface area contributed by atoms with Crippen molar-refractivity contribution in [1.82, 2.24) is 20.2 Å². The molecule has 11 heteroatoms. The molecule has 1 aromatic heterocycles. The largest absolute Gasteiger partial charge is 0.493 e. The standard InChI is InChI=1S/C22H27N7O3S/c1-14(16-8-6-5-7-9-16)24-20(30)13-33-22-28-27-21(29(22)23)26-25-15(2)17-10-11-18(31-3)19(12-17)32-4/h5-12,14H,13,23H2,1-4H3,(H,24,30)(H,26,27)/b25-15+. The molecule has 0 aliphatic rings. The SMILES string of the molecule is COc1ccc(/C(C)=N/Nc2nnc(SCC(=O)NC(C)c3ccccc3)n2N)cc1OC. The van der Waals surface area contributed by atoms with Crippen LogP contribution in [0.3, 0.4) is 0 Å². The summed E-state index contributed by atoms with van der Waals surface area (Å²) in [5.41, 5.74) is 5.36. The molecule has 0 fully saturated rings. The number of nitrogens with one attached hydrogen (secondary N) is 2. The number of methoxy groups -OCH3 is 2. The lowest BCUT2D eigenvalue weighted by Gasteiger charge is -2.13. The van der Waals surface area contributed by atoms with Gasteiger partial charge in [-0.05, 0) is 37.6 Å². The number of hydrazone groups is 1. The highest BCUT2D eigenvalue weighted by molar-refractivity contribution is 7.99. The van der Waals surface area contributed by atoms with Crippen LogP contribution in [0.1, 0.15) is 31.0 Å². The van der Waals surface area contributed by atoms with Gasteiger partial charge in [0.05, 0.1) is 31.7 Å². The van der Waals surface area contributed by atoms with Crippen molar-refractivity contribution in [1.29, 1.82) is 0 Å². The van der Waals surface area contributed by atoms with E-state index in [4.69, 9.17) is 15.3 Å². The monoisotopic (exact) mass is 469 g/mol. The number of carbonyl (C=O) groups excluding carboxylic acids is 1. The number of thioether (sulfide) groups is 1. The van der Waals surface area contributed by atoms with Crippen molar-refractivity contribution < 1.29 is 14.3 Å². The number of nitrogens with two attached hydrogens (primary N) is 1. The van der Waals surface area contributed by atoms with Crippen LogP contribution in [-0.2, 0) is 4.79 Å². The molecule has 0 spiro atoms. The van der Waals surface area contributed by atoms with Crippen molar-refractivity contribution in [3.05, 3.63) is 59.7 Å². The molecule has 1 atom stereocenters. The predicted octanol–water partition coefficient (Wildman–Crippen LogP) is 2.81. The zero-order valence-electron chi connectivity index (χ0n) is 18.9. The number of ether oxygens (including phenoxy) is 2. The Morgan fingerprint density at radius 3 is 2.58 bits per heavy atom. The van der Waals surface area contributed by atoms with Crippen molar-refractivity contribution in [2.45, 2.75) is 25.0 Å². The van der Waals surface area contributed by atoms with Gasteiger partial charge in [-0.15, -0.1) is 10.2 Å². The van der Waals surface area contributed by atoms with Gasteiger partial charge in [-0.3, -0.25) is 4.79 Å². The lowest BCUT2D eigenvalue weighted by atomic mass is 10.1. The fraction of sp³-hybridized carbons (Fsp3) is 0.273. The maximum absolute atomic E-state index is 12.3. The van der Waals surface area contributed by atoms with E-state index in [1.54, 1.807) is 20.3 Å². The van der Waals surface area contributed by atoms with Crippen LogP contribution in [0.5, 0.6) is 11.5 Å². The molecule has 3 rings (SSSR count). The Hall–Kier alpha value is -3.73. The van der Waals surface area contributed by atoms with Crippen LogP contribution in [0.2, 0.25) is 0 Å². The number of hydrogen-bond acceptors (Lipinski definition) is 9. The highest BCUT2D eigenvalue weighted by atomic mass is 32.2. The smallest absolute Gasteiger partial charge is 0.264 e. The molecule has 1 amide bonds. The highest BCUT2D eigenvalue weighted by Gasteiger charge is 2.14. The molecule has 2 aromatic carbocycles. The number of amides is 1. The number of rotatable bonds is 10. The Morgan fingerprint density at radius 2 is 1.88 bits per heavy atom. The first-order chi connectivity index (χ1) is 15.9. The molecule has 0 aliphatic heterocycles. The quantitative estimate of drug-likeness (QED) is 0.179. The number of benzene rings is 2. The minimum atomic E-state index is -0.129. The van der Waals surface area contributed by atoms with E-state index in [9.17, 15) is 4.79 Å². The normalized spacial score (nSPS) is 12.2. The molecule has 3 aromatic rings. The fourth-order valence-corrected chi connectivity index (χ4v) is 3.62. The van der Waals surface area contributed by atoms with Gasteiger partial charge in [0.2, 0.25) is 11.1 Å². The van der Waals surface area contributed by atoms with Crippen LogP contribution in [0, 0.1) is 0 Å². The summed E-state index contributed by atoms with van der Waals surface area (Å²) in [5, 5.41) is 15.7. The number of nitrogens with zero attached hydrogens (tertiary/aromatic N) is 4. The molecule has 1 heterocycles. The van der Waals surface area contributed by atoms with E-state index < -0.39 is 0 Å². The second-order valence-electron chi connectivity index (χ2n) is 7.04. The van der Waals surface area contributed by atoms with E-state index in [0.717, 1.165) is 11.1 Å². The van der Waals surface area contributed by atoms with Gasteiger partial charge in [-0.2, -0.15) is 5.10 Å². The summed E-state index contributed by atoms with van der Waals surface area (Å²) in [4.78, 5) is 12.3. The van der Waals surface area contributed by atoms with Gasteiger partial charge in [0, 0.05) is 5.56 Å². The lowest BCUT2D eigenvalue weighted by molar-refractivity contribution is -0.119. The molecule has 0 radical (unpaired) electrons. The molecule has 1 unspecified atom stereocenters. The first kappa shape index (κ1) is 23.9. The van der Waals surface area contributed by atoms with Crippen molar-refractivity contribution in [3.8, 4) is 11.5 Å². The fourth-order valence-electron chi connectivity index (χ4n) is 2.95.